The van der Waals surface area contributed by atoms with Crippen molar-refractivity contribution in [3.8, 4) is 0 Å². The zero-order valence-corrected chi connectivity index (χ0v) is 15.2. The van der Waals surface area contributed by atoms with Gasteiger partial charge in [-0.15, -0.1) is 0 Å². The van der Waals surface area contributed by atoms with E-state index in [-0.39, 0.29) is 23.7 Å². The van der Waals surface area contributed by atoms with Crippen LogP contribution in [-0.4, -0.2) is 13.1 Å². The smallest absolute Gasteiger partial charge is 0.337 e. The molecule has 0 amide bonds. The third-order valence-corrected chi connectivity index (χ3v) is 5.53. The van der Waals surface area contributed by atoms with Gasteiger partial charge in [0.2, 0.25) is 0 Å². The van der Waals surface area contributed by atoms with Gasteiger partial charge in [0.15, 0.2) is 0 Å². The Hall–Kier alpha value is -2.14. The lowest BCUT2D eigenvalue weighted by Crippen LogP contribution is -2.29. The van der Waals surface area contributed by atoms with Crippen molar-refractivity contribution in [2.45, 2.75) is 18.4 Å². The van der Waals surface area contributed by atoms with Crippen LogP contribution in [0.2, 0.25) is 0 Å². The van der Waals surface area contributed by atoms with Gasteiger partial charge < -0.3 is 10.1 Å². The third kappa shape index (κ3) is 2.76. The van der Waals surface area contributed by atoms with Crippen LogP contribution in [0.5, 0.6) is 0 Å². The van der Waals surface area contributed by atoms with E-state index < -0.39 is 0 Å². The molecule has 0 fully saturated rings. The largest absolute Gasteiger partial charge is 0.465 e. The van der Waals surface area contributed by atoms with Crippen LogP contribution in [-0.2, 0) is 4.74 Å². The second-order valence-corrected chi connectivity index (χ2v) is 7.36. The highest BCUT2D eigenvalue weighted by Gasteiger charge is 2.39. The fourth-order valence-electron chi connectivity index (χ4n) is 3.90. The fraction of sp³-hybridized carbons (Fsp3) is 0.250. The number of carbonyl (C=O) groups is 1. The van der Waals surface area contributed by atoms with Crippen LogP contribution in [0.3, 0.4) is 0 Å². The maximum Gasteiger partial charge on any atom is 0.337 e. The molecule has 0 spiro atoms. The van der Waals surface area contributed by atoms with Crippen molar-refractivity contribution in [3.63, 3.8) is 0 Å². The van der Waals surface area contributed by atoms with Gasteiger partial charge >= 0.3 is 5.97 Å². The molecule has 2 aliphatic rings. The summed E-state index contributed by atoms with van der Waals surface area (Å²) in [4.78, 5) is 11.6. The summed E-state index contributed by atoms with van der Waals surface area (Å²) in [6.45, 7) is 0. The van der Waals surface area contributed by atoms with E-state index in [1.807, 2.05) is 18.2 Å². The van der Waals surface area contributed by atoms with E-state index in [1.165, 1.54) is 13.2 Å². The summed E-state index contributed by atoms with van der Waals surface area (Å²) in [5, 5.41) is 3.39. The highest BCUT2D eigenvalue weighted by atomic mass is 79.9. The van der Waals surface area contributed by atoms with Crippen molar-refractivity contribution in [2.75, 3.05) is 12.4 Å². The molecular formula is C20H17BrFNO2. The minimum atomic E-state index is -0.357. The van der Waals surface area contributed by atoms with E-state index in [0.29, 0.717) is 17.2 Å². The maximum atomic E-state index is 14.5. The molecule has 2 aromatic rings. The summed E-state index contributed by atoms with van der Waals surface area (Å²) in [6, 6.07) is 10.8. The van der Waals surface area contributed by atoms with Gasteiger partial charge in [-0.1, -0.05) is 40.2 Å². The van der Waals surface area contributed by atoms with Crippen molar-refractivity contribution in [3.05, 3.63) is 75.5 Å². The first-order valence-corrected chi connectivity index (χ1v) is 8.98. The van der Waals surface area contributed by atoms with E-state index in [2.05, 4.69) is 33.4 Å². The van der Waals surface area contributed by atoms with Crippen LogP contribution < -0.4 is 5.32 Å². The van der Waals surface area contributed by atoms with Crippen LogP contribution in [0.4, 0.5) is 10.1 Å². The van der Waals surface area contributed by atoms with Gasteiger partial charge in [-0.25, -0.2) is 9.18 Å². The number of benzene rings is 2. The molecule has 3 atom stereocenters. The zero-order valence-electron chi connectivity index (χ0n) is 13.6. The molecule has 1 aliphatic heterocycles. The summed E-state index contributed by atoms with van der Waals surface area (Å²) < 4.78 is 20.0. The van der Waals surface area contributed by atoms with Crippen LogP contribution in [0.1, 0.15) is 39.9 Å². The molecule has 2 aromatic carbocycles. The topological polar surface area (TPSA) is 38.3 Å². The summed E-state index contributed by atoms with van der Waals surface area (Å²) in [7, 11) is 1.37. The number of esters is 1. The van der Waals surface area contributed by atoms with E-state index in [4.69, 9.17) is 4.74 Å². The Labute approximate surface area is 154 Å². The highest BCUT2D eigenvalue weighted by molar-refractivity contribution is 9.10. The molecule has 0 bridgehead atoms. The van der Waals surface area contributed by atoms with Gasteiger partial charge in [0.1, 0.15) is 5.82 Å². The molecular weight excluding hydrogens is 385 g/mol. The molecule has 1 N–H and O–H groups in total. The predicted octanol–water partition coefficient (Wildman–Crippen LogP) is 5.20. The van der Waals surface area contributed by atoms with Gasteiger partial charge in [-0.2, -0.15) is 0 Å². The van der Waals surface area contributed by atoms with E-state index >= 15 is 0 Å². The van der Waals surface area contributed by atoms with Gasteiger partial charge in [0.05, 0.1) is 24.4 Å². The van der Waals surface area contributed by atoms with Gasteiger partial charge in [0.25, 0.3) is 0 Å². The summed E-state index contributed by atoms with van der Waals surface area (Å²) in [6.07, 6.45) is 5.28. The van der Waals surface area contributed by atoms with Crippen molar-refractivity contribution in [1.29, 1.82) is 0 Å². The number of ether oxygens (including phenoxy) is 1. The molecule has 4 rings (SSSR count). The average Bonchev–Trinajstić information content (AvgIpc) is 3.11. The first kappa shape index (κ1) is 16.3. The maximum absolute atomic E-state index is 14.5. The number of nitrogens with one attached hydrogen (secondary N) is 1. The highest BCUT2D eigenvalue weighted by Crippen LogP contribution is 2.51. The zero-order chi connectivity index (χ0) is 17.6. The standard InChI is InChI=1S/C20H17BrFNO2/c1-25-20(24)12-7-5-11(6-8-12)18-15-4-2-3-14(15)16-9-13(21)10-17(22)19(16)23-18/h2-3,5-10,14-15,18,23H,4H2,1H3/t14-,15-,18-/m0/s1. The normalized spacial score (nSPS) is 23.6. The number of halogens is 2. The van der Waals surface area contributed by atoms with E-state index in [9.17, 15) is 9.18 Å². The Bertz CT molecular complexity index is 863. The number of anilines is 1. The summed E-state index contributed by atoms with van der Waals surface area (Å²) >= 11 is 3.39. The molecule has 25 heavy (non-hydrogen) atoms. The first-order chi connectivity index (χ1) is 12.1. The van der Waals surface area contributed by atoms with Crippen molar-refractivity contribution in [2.24, 2.45) is 5.92 Å². The Morgan fingerprint density at radius 2 is 2.04 bits per heavy atom. The Kier molecular flexibility index (Phi) is 4.12. The molecule has 0 radical (unpaired) electrons. The van der Waals surface area contributed by atoms with Crippen molar-refractivity contribution < 1.29 is 13.9 Å². The third-order valence-electron chi connectivity index (χ3n) is 5.08. The van der Waals surface area contributed by atoms with Crippen molar-refractivity contribution >= 4 is 27.6 Å². The number of hydrogen-bond donors (Lipinski definition) is 1. The van der Waals surface area contributed by atoms with Gasteiger partial charge in [-0.05, 0) is 47.7 Å². The Morgan fingerprint density at radius 1 is 1.28 bits per heavy atom. The number of hydrogen-bond acceptors (Lipinski definition) is 3. The second kappa shape index (κ2) is 6.30. The van der Waals surface area contributed by atoms with Gasteiger partial charge in [-0.3, -0.25) is 0 Å². The number of rotatable bonds is 2. The molecule has 0 saturated carbocycles. The Morgan fingerprint density at radius 3 is 2.76 bits per heavy atom. The molecule has 5 heteroatoms. The molecule has 1 aliphatic carbocycles. The minimum Gasteiger partial charge on any atom is -0.465 e. The Balaban J connectivity index is 1.73. The lowest BCUT2D eigenvalue weighted by molar-refractivity contribution is 0.0600. The minimum absolute atomic E-state index is 0.00475. The summed E-state index contributed by atoms with van der Waals surface area (Å²) in [5.41, 5.74) is 3.11. The van der Waals surface area contributed by atoms with Gasteiger partial charge in [0, 0.05) is 10.4 Å². The average molecular weight is 402 g/mol. The molecule has 1 heterocycles. The number of allylic oxidation sites excluding steroid dienone is 2. The van der Waals surface area contributed by atoms with Crippen molar-refractivity contribution in [1.82, 2.24) is 0 Å². The number of methoxy groups -OCH3 is 1. The molecule has 0 unspecified atom stereocenters. The SMILES string of the molecule is COC(=O)c1ccc([C@@H]2Nc3c(F)cc(Br)cc3[C@H]3C=CC[C@@H]32)cc1. The fourth-order valence-corrected chi connectivity index (χ4v) is 4.34. The molecule has 0 aromatic heterocycles. The van der Waals surface area contributed by atoms with Crippen LogP contribution >= 0.6 is 15.9 Å². The van der Waals surface area contributed by atoms with Crippen LogP contribution in [0, 0.1) is 11.7 Å². The van der Waals surface area contributed by atoms with Crippen LogP contribution in [0.25, 0.3) is 0 Å². The lowest BCUT2D eigenvalue weighted by Gasteiger charge is -2.37. The molecule has 3 nitrogen and oxygen atoms in total. The van der Waals surface area contributed by atoms with E-state index in [0.717, 1.165) is 22.0 Å². The molecule has 0 saturated heterocycles. The number of carbonyl (C=O) groups excluding carboxylic acids is 1. The van der Waals surface area contributed by atoms with Crippen LogP contribution in [0.15, 0.2) is 53.0 Å². The predicted molar refractivity (Wildman–Crippen MR) is 98.2 cm³/mol. The second-order valence-electron chi connectivity index (χ2n) is 6.44. The molecule has 128 valence electrons. The first-order valence-electron chi connectivity index (χ1n) is 8.19. The van der Waals surface area contributed by atoms with E-state index in [1.54, 1.807) is 12.1 Å². The summed E-state index contributed by atoms with van der Waals surface area (Å²) in [5.74, 6) is -0.0946. The lowest BCUT2D eigenvalue weighted by atomic mass is 9.77. The monoisotopic (exact) mass is 401 g/mol. The number of fused-ring (bicyclic) bond motifs is 3. The quantitative estimate of drug-likeness (QED) is 0.554.